The van der Waals surface area contributed by atoms with Crippen LogP contribution in [0.25, 0.3) is 5.65 Å². The number of aromatic nitrogens is 2. The number of carbonyl (C=O) groups is 1. The van der Waals surface area contributed by atoms with Gasteiger partial charge in [0.2, 0.25) is 5.91 Å². The third kappa shape index (κ3) is 2.74. The van der Waals surface area contributed by atoms with Gasteiger partial charge in [0.1, 0.15) is 11.7 Å². The summed E-state index contributed by atoms with van der Waals surface area (Å²) in [5.74, 6) is -0.0251. The smallest absolute Gasteiger partial charge is 0.239 e. The number of nitrogens with zero attached hydrogens (tertiary/aromatic N) is 2. The lowest BCUT2D eigenvalue weighted by atomic mass is 10.2. The lowest BCUT2D eigenvalue weighted by Gasteiger charge is -2.22. The van der Waals surface area contributed by atoms with Crippen LogP contribution in [-0.2, 0) is 16.1 Å². The summed E-state index contributed by atoms with van der Waals surface area (Å²) in [6.07, 6.45) is 5.58. The van der Waals surface area contributed by atoms with Gasteiger partial charge in [0.05, 0.1) is 13.2 Å². The number of morpholine rings is 1. The molecule has 6 nitrogen and oxygen atoms in total. The van der Waals surface area contributed by atoms with Crippen LogP contribution in [0.4, 0.5) is 0 Å². The minimum Gasteiger partial charge on any atom is -0.378 e. The molecular weight excluding hydrogens is 244 g/mol. The first-order valence-corrected chi connectivity index (χ1v) is 6.33. The lowest BCUT2D eigenvalue weighted by Crippen LogP contribution is -2.51. The average Bonchev–Trinajstić information content (AvgIpc) is 2.93. The van der Waals surface area contributed by atoms with E-state index in [0.717, 1.165) is 17.8 Å². The maximum atomic E-state index is 11.9. The van der Waals surface area contributed by atoms with E-state index in [1.165, 1.54) is 0 Å². The Morgan fingerprint density at radius 3 is 3.37 bits per heavy atom. The predicted molar refractivity (Wildman–Crippen MR) is 69.6 cm³/mol. The van der Waals surface area contributed by atoms with Crippen molar-refractivity contribution in [3.05, 3.63) is 36.3 Å². The van der Waals surface area contributed by atoms with E-state index < -0.39 is 0 Å². The largest absolute Gasteiger partial charge is 0.378 e. The highest BCUT2D eigenvalue weighted by atomic mass is 16.5. The molecule has 0 aliphatic carbocycles. The van der Waals surface area contributed by atoms with Crippen LogP contribution < -0.4 is 10.6 Å². The van der Waals surface area contributed by atoms with Gasteiger partial charge >= 0.3 is 0 Å². The molecule has 0 unspecified atom stereocenters. The number of pyridine rings is 1. The quantitative estimate of drug-likeness (QED) is 0.811. The van der Waals surface area contributed by atoms with Crippen LogP contribution in [0.3, 0.4) is 0 Å². The second kappa shape index (κ2) is 5.38. The molecule has 1 saturated heterocycles. The zero-order valence-electron chi connectivity index (χ0n) is 10.5. The van der Waals surface area contributed by atoms with Crippen molar-refractivity contribution < 1.29 is 9.53 Å². The monoisotopic (exact) mass is 260 g/mol. The third-order valence-electron chi connectivity index (χ3n) is 3.17. The topological polar surface area (TPSA) is 67.7 Å². The Morgan fingerprint density at radius 2 is 2.53 bits per heavy atom. The van der Waals surface area contributed by atoms with Crippen molar-refractivity contribution in [1.29, 1.82) is 0 Å². The molecule has 100 valence electrons. The molecule has 1 aliphatic heterocycles. The summed E-state index contributed by atoms with van der Waals surface area (Å²) in [6, 6.07) is 3.69. The lowest BCUT2D eigenvalue weighted by molar-refractivity contribution is -0.126. The summed E-state index contributed by atoms with van der Waals surface area (Å²) in [5, 5.41) is 6.03. The number of hydrogen-bond donors (Lipinski definition) is 2. The second-order valence-electron chi connectivity index (χ2n) is 4.53. The molecule has 3 heterocycles. The van der Waals surface area contributed by atoms with Gasteiger partial charge in [0.25, 0.3) is 0 Å². The second-order valence-corrected chi connectivity index (χ2v) is 4.53. The van der Waals surface area contributed by atoms with Gasteiger partial charge in [-0.25, -0.2) is 4.98 Å². The Kier molecular flexibility index (Phi) is 3.43. The zero-order chi connectivity index (χ0) is 13.1. The minimum absolute atomic E-state index is 0.0251. The van der Waals surface area contributed by atoms with Gasteiger partial charge in [-0.05, 0) is 17.7 Å². The van der Waals surface area contributed by atoms with Crippen molar-refractivity contribution in [2.75, 3.05) is 19.8 Å². The summed E-state index contributed by atoms with van der Waals surface area (Å²) >= 11 is 0. The van der Waals surface area contributed by atoms with E-state index in [2.05, 4.69) is 15.6 Å². The maximum absolute atomic E-state index is 11.9. The third-order valence-corrected chi connectivity index (χ3v) is 3.17. The molecule has 0 bridgehead atoms. The molecule has 2 aromatic heterocycles. The van der Waals surface area contributed by atoms with Crippen LogP contribution in [0, 0.1) is 0 Å². The number of nitrogens with one attached hydrogen (secondary N) is 2. The van der Waals surface area contributed by atoms with Crippen molar-refractivity contribution in [3.8, 4) is 0 Å². The van der Waals surface area contributed by atoms with Crippen LogP contribution in [0.2, 0.25) is 0 Å². The van der Waals surface area contributed by atoms with Gasteiger partial charge in [-0.2, -0.15) is 0 Å². The van der Waals surface area contributed by atoms with Gasteiger partial charge in [0.15, 0.2) is 0 Å². The van der Waals surface area contributed by atoms with Gasteiger partial charge in [0, 0.05) is 31.7 Å². The van der Waals surface area contributed by atoms with Crippen molar-refractivity contribution in [1.82, 2.24) is 20.0 Å². The van der Waals surface area contributed by atoms with Crippen LogP contribution in [0.1, 0.15) is 5.56 Å². The van der Waals surface area contributed by atoms with E-state index in [4.69, 9.17) is 4.74 Å². The molecular formula is C13H16N4O2. The molecule has 0 radical (unpaired) electrons. The molecule has 0 aromatic carbocycles. The van der Waals surface area contributed by atoms with Gasteiger partial charge in [-0.1, -0.05) is 0 Å². The number of fused-ring (bicyclic) bond motifs is 1. The van der Waals surface area contributed by atoms with E-state index in [1.807, 2.05) is 28.9 Å². The normalized spacial score (nSPS) is 19.5. The Hall–Kier alpha value is -1.92. The summed E-state index contributed by atoms with van der Waals surface area (Å²) in [6.45, 7) is 2.32. The Balaban J connectivity index is 1.60. The molecule has 3 rings (SSSR count). The standard InChI is InChI=1S/C13H16N4O2/c18-13(11-9-19-6-3-14-11)16-8-10-1-4-17-5-2-15-12(17)7-10/h1-2,4-5,7,11,14H,3,6,8-9H2,(H,16,18)/t11-/m1/s1. The fourth-order valence-corrected chi connectivity index (χ4v) is 2.11. The fraction of sp³-hybridized carbons (Fsp3) is 0.385. The SMILES string of the molecule is O=C(NCc1ccn2ccnc2c1)[C@H]1COCCN1. The highest BCUT2D eigenvalue weighted by molar-refractivity contribution is 5.82. The number of rotatable bonds is 3. The Morgan fingerprint density at radius 1 is 1.58 bits per heavy atom. The van der Waals surface area contributed by atoms with E-state index in [1.54, 1.807) is 6.20 Å². The van der Waals surface area contributed by atoms with Crippen molar-refractivity contribution in [2.45, 2.75) is 12.6 Å². The van der Waals surface area contributed by atoms with Gasteiger partial charge in [-0.3, -0.25) is 4.79 Å². The molecule has 1 aliphatic rings. The van der Waals surface area contributed by atoms with E-state index in [0.29, 0.717) is 19.8 Å². The molecule has 6 heteroatoms. The van der Waals surface area contributed by atoms with Gasteiger partial charge in [-0.15, -0.1) is 0 Å². The highest BCUT2D eigenvalue weighted by Crippen LogP contribution is 2.05. The molecule has 1 amide bonds. The number of imidazole rings is 1. The minimum atomic E-state index is -0.246. The fourth-order valence-electron chi connectivity index (χ4n) is 2.11. The molecule has 19 heavy (non-hydrogen) atoms. The molecule has 0 spiro atoms. The van der Waals surface area contributed by atoms with Crippen molar-refractivity contribution >= 4 is 11.6 Å². The molecule has 0 saturated carbocycles. The number of ether oxygens (including phenoxy) is 1. The molecule has 2 aromatic rings. The van der Waals surface area contributed by atoms with Crippen molar-refractivity contribution in [3.63, 3.8) is 0 Å². The molecule has 1 fully saturated rings. The summed E-state index contributed by atoms with van der Waals surface area (Å²) in [4.78, 5) is 16.1. The number of hydrogen-bond acceptors (Lipinski definition) is 4. The summed E-state index contributed by atoms with van der Waals surface area (Å²) < 4.78 is 7.20. The number of carbonyl (C=O) groups excluding carboxylic acids is 1. The Labute approximate surface area is 110 Å². The van der Waals surface area contributed by atoms with Crippen LogP contribution >= 0.6 is 0 Å². The molecule has 1 atom stereocenters. The zero-order valence-corrected chi connectivity index (χ0v) is 10.5. The number of amides is 1. The highest BCUT2D eigenvalue weighted by Gasteiger charge is 2.20. The maximum Gasteiger partial charge on any atom is 0.239 e. The Bertz CT molecular complexity index is 575. The van der Waals surface area contributed by atoms with E-state index >= 15 is 0 Å². The summed E-state index contributed by atoms with van der Waals surface area (Å²) in [7, 11) is 0. The van der Waals surface area contributed by atoms with Crippen molar-refractivity contribution in [2.24, 2.45) is 0 Å². The van der Waals surface area contributed by atoms with E-state index in [9.17, 15) is 4.79 Å². The van der Waals surface area contributed by atoms with Crippen LogP contribution in [0.15, 0.2) is 30.7 Å². The predicted octanol–water partition coefficient (Wildman–Crippen LogP) is -0.0611. The van der Waals surface area contributed by atoms with Crippen LogP contribution in [-0.4, -0.2) is 41.1 Å². The first kappa shape index (κ1) is 12.1. The average molecular weight is 260 g/mol. The first-order chi connectivity index (χ1) is 9.33. The van der Waals surface area contributed by atoms with Crippen LogP contribution in [0.5, 0.6) is 0 Å². The van der Waals surface area contributed by atoms with Gasteiger partial charge < -0.3 is 19.8 Å². The summed E-state index contributed by atoms with van der Waals surface area (Å²) in [5.41, 5.74) is 1.91. The van der Waals surface area contributed by atoms with E-state index in [-0.39, 0.29) is 11.9 Å². The first-order valence-electron chi connectivity index (χ1n) is 6.33. The molecule has 2 N–H and O–H groups in total.